The quantitative estimate of drug-likeness (QED) is 0.459. The number of aromatic nitrogens is 1. The third kappa shape index (κ3) is 4.38. The minimum atomic E-state index is -0.321. The van der Waals surface area contributed by atoms with E-state index in [1.165, 1.54) is 6.21 Å². The van der Waals surface area contributed by atoms with Crippen molar-refractivity contribution in [2.45, 2.75) is 6.92 Å². The number of hydrazone groups is 1. The highest BCUT2D eigenvalue weighted by Crippen LogP contribution is 2.35. The van der Waals surface area contributed by atoms with Gasteiger partial charge in [0.2, 0.25) is 0 Å². The SMILES string of the molecule is CCOc1cc(/C=N/NC(=O)c2ccccc2-n2cccc2)cc(Br)c1O. The zero-order valence-corrected chi connectivity index (χ0v) is 16.2. The zero-order valence-electron chi connectivity index (χ0n) is 14.6. The topological polar surface area (TPSA) is 75.8 Å². The normalized spacial score (nSPS) is 10.9. The van der Waals surface area contributed by atoms with Crippen molar-refractivity contribution in [1.82, 2.24) is 9.99 Å². The second-order valence-corrected chi connectivity index (χ2v) is 6.44. The van der Waals surface area contributed by atoms with E-state index < -0.39 is 0 Å². The molecule has 0 aliphatic heterocycles. The fourth-order valence-electron chi connectivity index (χ4n) is 2.55. The minimum absolute atomic E-state index is 0.0266. The number of carbonyl (C=O) groups is 1. The summed E-state index contributed by atoms with van der Waals surface area (Å²) in [5, 5.41) is 14.0. The van der Waals surface area contributed by atoms with Crippen LogP contribution >= 0.6 is 15.9 Å². The first-order chi connectivity index (χ1) is 13.1. The molecule has 0 unspecified atom stereocenters. The van der Waals surface area contributed by atoms with Gasteiger partial charge in [0.25, 0.3) is 5.91 Å². The summed E-state index contributed by atoms with van der Waals surface area (Å²) < 4.78 is 7.73. The number of phenolic OH excluding ortho intramolecular Hbond substituents is 1. The van der Waals surface area contributed by atoms with Crippen molar-refractivity contribution < 1.29 is 14.6 Å². The van der Waals surface area contributed by atoms with Gasteiger partial charge in [-0.05, 0) is 64.8 Å². The van der Waals surface area contributed by atoms with E-state index in [1.54, 1.807) is 24.3 Å². The van der Waals surface area contributed by atoms with Crippen molar-refractivity contribution in [2.24, 2.45) is 5.10 Å². The van der Waals surface area contributed by atoms with E-state index in [0.29, 0.717) is 28.0 Å². The molecule has 3 aromatic rings. The molecular formula is C20H18BrN3O3. The molecule has 1 amide bonds. The predicted molar refractivity (Wildman–Crippen MR) is 108 cm³/mol. The molecular weight excluding hydrogens is 410 g/mol. The number of carbonyl (C=O) groups excluding carboxylic acids is 1. The Morgan fingerprint density at radius 3 is 2.74 bits per heavy atom. The number of benzene rings is 2. The number of para-hydroxylation sites is 1. The Hall–Kier alpha value is -3.06. The number of nitrogens with zero attached hydrogens (tertiary/aromatic N) is 2. The first kappa shape index (κ1) is 18.7. The minimum Gasteiger partial charge on any atom is -0.503 e. The standard InChI is InChI=1S/C20H18BrN3O3/c1-2-27-18-12-14(11-16(21)19(18)25)13-22-23-20(26)15-7-3-4-8-17(15)24-9-5-6-10-24/h3-13,25H,2H2,1H3,(H,23,26)/b22-13+. The molecule has 138 valence electrons. The number of halogens is 1. The van der Waals surface area contributed by atoms with Gasteiger partial charge in [0.1, 0.15) is 0 Å². The average molecular weight is 428 g/mol. The molecule has 0 aliphatic carbocycles. The average Bonchev–Trinajstić information content (AvgIpc) is 3.20. The fraction of sp³-hybridized carbons (Fsp3) is 0.100. The summed E-state index contributed by atoms with van der Waals surface area (Å²) in [5.74, 6) is 0.0507. The Balaban J connectivity index is 1.77. The predicted octanol–water partition coefficient (Wildman–Crippen LogP) is 4.11. The van der Waals surface area contributed by atoms with Gasteiger partial charge < -0.3 is 14.4 Å². The van der Waals surface area contributed by atoms with Crippen LogP contribution in [0.1, 0.15) is 22.8 Å². The maximum atomic E-state index is 12.5. The molecule has 1 heterocycles. The highest BCUT2D eigenvalue weighted by atomic mass is 79.9. The molecule has 0 fully saturated rings. The lowest BCUT2D eigenvalue weighted by atomic mass is 10.1. The molecule has 6 nitrogen and oxygen atoms in total. The first-order valence-corrected chi connectivity index (χ1v) is 9.10. The smallest absolute Gasteiger partial charge is 0.273 e. The Morgan fingerprint density at radius 1 is 1.26 bits per heavy atom. The van der Waals surface area contributed by atoms with E-state index >= 15 is 0 Å². The lowest BCUT2D eigenvalue weighted by Gasteiger charge is -2.09. The van der Waals surface area contributed by atoms with Crippen LogP contribution in [0.3, 0.4) is 0 Å². The summed E-state index contributed by atoms with van der Waals surface area (Å²) in [6, 6.07) is 14.4. The lowest BCUT2D eigenvalue weighted by Crippen LogP contribution is -2.19. The number of ether oxygens (including phenoxy) is 1. The van der Waals surface area contributed by atoms with Gasteiger partial charge >= 0.3 is 0 Å². The maximum absolute atomic E-state index is 12.5. The largest absolute Gasteiger partial charge is 0.503 e. The van der Waals surface area contributed by atoms with Crippen LogP contribution in [0.25, 0.3) is 5.69 Å². The monoisotopic (exact) mass is 427 g/mol. The first-order valence-electron chi connectivity index (χ1n) is 8.31. The highest BCUT2D eigenvalue weighted by Gasteiger charge is 2.11. The van der Waals surface area contributed by atoms with Crippen LogP contribution in [-0.2, 0) is 0 Å². The summed E-state index contributed by atoms with van der Waals surface area (Å²) in [7, 11) is 0. The molecule has 0 atom stereocenters. The molecule has 3 rings (SSSR count). The summed E-state index contributed by atoms with van der Waals surface area (Å²) >= 11 is 3.27. The number of hydrogen-bond donors (Lipinski definition) is 2. The van der Waals surface area contributed by atoms with Crippen LogP contribution in [0.4, 0.5) is 0 Å². The molecule has 0 bridgehead atoms. The van der Waals surface area contributed by atoms with E-state index in [0.717, 1.165) is 5.69 Å². The Kier molecular flexibility index (Phi) is 5.93. The Bertz CT molecular complexity index is 969. The molecule has 0 saturated carbocycles. The highest BCUT2D eigenvalue weighted by molar-refractivity contribution is 9.10. The lowest BCUT2D eigenvalue weighted by molar-refractivity contribution is 0.0955. The number of phenols is 1. The van der Waals surface area contributed by atoms with Crippen molar-refractivity contribution >= 4 is 28.1 Å². The van der Waals surface area contributed by atoms with Gasteiger partial charge in [-0.25, -0.2) is 5.43 Å². The van der Waals surface area contributed by atoms with Gasteiger partial charge in [-0.15, -0.1) is 0 Å². The third-order valence-electron chi connectivity index (χ3n) is 3.76. The Labute approximate surface area is 165 Å². The van der Waals surface area contributed by atoms with Gasteiger partial charge in [-0.1, -0.05) is 12.1 Å². The molecule has 2 N–H and O–H groups in total. The van der Waals surface area contributed by atoms with Gasteiger partial charge in [0.05, 0.1) is 28.5 Å². The van der Waals surface area contributed by atoms with Gasteiger partial charge in [-0.2, -0.15) is 5.10 Å². The van der Waals surface area contributed by atoms with E-state index in [-0.39, 0.29) is 11.7 Å². The third-order valence-corrected chi connectivity index (χ3v) is 4.37. The summed E-state index contributed by atoms with van der Waals surface area (Å²) in [6.45, 7) is 2.25. The van der Waals surface area contributed by atoms with Crippen LogP contribution in [0.5, 0.6) is 11.5 Å². The van der Waals surface area contributed by atoms with E-state index in [9.17, 15) is 9.90 Å². The van der Waals surface area contributed by atoms with E-state index in [2.05, 4.69) is 26.5 Å². The fourth-order valence-corrected chi connectivity index (χ4v) is 3.01. The molecule has 0 aliphatic rings. The number of aromatic hydroxyl groups is 1. The molecule has 0 spiro atoms. The second kappa shape index (κ2) is 8.55. The maximum Gasteiger partial charge on any atom is 0.273 e. The van der Waals surface area contributed by atoms with Crippen molar-refractivity contribution in [1.29, 1.82) is 0 Å². The van der Waals surface area contributed by atoms with Crippen molar-refractivity contribution in [3.05, 3.63) is 76.5 Å². The second-order valence-electron chi connectivity index (χ2n) is 5.59. The van der Waals surface area contributed by atoms with Crippen molar-refractivity contribution in [3.8, 4) is 17.2 Å². The van der Waals surface area contributed by atoms with Crippen LogP contribution in [0, 0.1) is 0 Å². The van der Waals surface area contributed by atoms with Gasteiger partial charge in [0.15, 0.2) is 11.5 Å². The van der Waals surface area contributed by atoms with Crippen LogP contribution in [0.2, 0.25) is 0 Å². The molecule has 27 heavy (non-hydrogen) atoms. The van der Waals surface area contributed by atoms with Crippen LogP contribution in [-0.4, -0.2) is 28.4 Å². The number of hydrogen-bond acceptors (Lipinski definition) is 4. The summed E-state index contributed by atoms with van der Waals surface area (Å²) in [4.78, 5) is 12.5. The van der Waals surface area contributed by atoms with Crippen LogP contribution in [0.15, 0.2) is 70.5 Å². The van der Waals surface area contributed by atoms with Crippen molar-refractivity contribution in [3.63, 3.8) is 0 Å². The number of amides is 1. The van der Waals surface area contributed by atoms with Gasteiger partial charge in [0, 0.05) is 12.4 Å². The summed E-state index contributed by atoms with van der Waals surface area (Å²) in [5.41, 5.74) is 4.47. The molecule has 7 heteroatoms. The zero-order chi connectivity index (χ0) is 19.2. The van der Waals surface area contributed by atoms with Crippen LogP contribution < -0.4 is 10.2 Å². The van der Waals surface area contributed by atoms with E-state index in [1.807, 2.05) is 48.1 Å². The van der Waals surface area contributed by atoms with Gasteiger partial charge in [-0.3, -0.25) is 4.79 Å². The summed E-state index contributed by atoms with van der Waals surface area (Å²) in [6.07, 6.45) is 5.24. The molecule has 0 saturated heterocycles. The van der Waals surface area contributed by atoms with Crippen molar-refractivity contribution in [2.75, 3.05) is 6.61 Å². The van der Waals surface area contributed by atoms with E-state index in [4.69, 9.17) is 4.74 Å². The molecule has 0 radical (unpaired) electrons. The molecule has 2 aromatic carbocycles. The Morgan fingerprint density at radius 2 is 2.00 bits per heavy atom. The number of rotatable bonds is 6. The number of nitrogens with one attached hydrogen (secondary N) is 1. The molecule has 1 aromatic heterocycles.